The van der Waals surface area contributed by atoms with Crippen LogP contribution >= 0.6 is 0 Å². The quantitative estimate of drug-likeness (QED) is 0.924. The Morgan fingerprint density at radius 1 is 1.50 bits per heavy atom. The molecule has 0 aliphatic carbocycles. The molecule has 0 spiro atoms. The normalized spacial score (nSPS) is 18.1. The lowest BCUT2D eigenvalue weighted by atomic mass is 10.2. The number of likely N-dealkylation sites (tertiary alicyclic amines) is 1. The zero-order valence-electron chi connectivity index (χ0n) is 11.3. The minimum Gasteiger partial charge on any atom is -0.480 e. The number of rotatable bonds is 3. The average Bonchev–Trinajstić information content (AvgIpc) is 2.89. The van der Waals surface area contributed by atoms with Gasteiger partial charge in [-0.05, 0) is 38.0 Å². The van der Waals surface area contributed by atoms with E-state index in [1.807, 2.05) is 0 Å². The molecule has 1 aliphatic rings. The van der Waals surface area contributed by atoms with E-state index in [9.17, 15) is 14.0 Å². The van der Waals surface area contributed by atoms with Crippen LogP contribution in [0.15, 0.2) is 24.3 Å². The van der Waals surface area contributed by atoms with Crippen LogP contribution in [-0.2, 0) is 4.79 Å². The molecule has 2 amide bonds. The number of aliphatic carboxylic acids is 1. The van der Waals surface area contributed by atoms with Crippen molar-refractivity contribution in [3.05, 3.63) is 30.1 Å². The van der Waals surface area contributed by atoms with Gasteiger partial charge in [-0.25, -0.2) is 14.0 Å². The maximum absolute atomic E-state index is 13.3. The number of nitrogens with zero attached hydrogens (tertiary/aromatic N) is 2. The lowest BCUT2D eigenvalue weighted by Gasteiger charge is -2.29. The molecule has 1 aliphatic heterocycles. The number of hydrogen-bond donors (Lipinski definition) is 1. The van der Waals surface area contributed by atoms with E-state index in [4.69, 9.17) is 5.11 Å². The Hall–Kier alpha value is -2.11. The zero-order chi connectivity index (χ0) is 14.7. The van der Waals surface area contributed by atoms with Gasteiger partial charge in [-0.2, -0.15) is 0 Å². The summed E-state index contributed by atoms with van der Waals surface area (Å²) in [6.45, 7) is 2.54. The van der Waals surface area contributed by atoms with Crippen LogP contribution in [0.4, 0.5) is 14.9 Å². The molecule has 108 valence electrons. The fourth-order valence-corrected chi connectivity index (χ4v) is 2.48. The molecule has 1 aromatic carbocycles. The van der Waals surface area contributed by atoms with Crippen LogP contribution in [0, 0.1) is 5.82 Å². The van der Waals surface area contributed by atoms with Crippen molar-refractivity contribution in [2.75, 3.05) is 18.0 Å². The molecule has 2 rings (SSSR count). The lowest BCUT2D eigenvalue weighted by Crippen LogP contribution is -2.48. The first-order valence-electron chi connectivity index (χ1n) is 6.61. The van der Waals surface area contributed by atoms with E-state index in [-0.39, 0.29) is 6.03 Å². The fourth-order valence-electron chi connectivity index (χ4n) is 2.48. The Morgan fingerprint density at radius 2 is 2.25 bits per heavy atom. The first-order chi connectivity index (χ1) is 9.54. The van der Waals surface area contributed by atoms with Crippen molar-refractivity contribution >= 4 is 17.7 Å². The Balaban J connectivity index is 2.23. The van der Waals surface area contributed by atoms with Gasteiger partial charge in [-0.1, -0.05) is 6.07 Å². The van der Waals surface area contributed by atoms with Crippen molar-refractivity contribution in [2.24, 2.45) is 0 Å². The SMILES string of the molecule is CCN(C(=O)N1CCC[C@@H]1C(=O)O)c1cccc(F)c1. The molecule has 1 fully saturated rings. The molecular weight excluding hydrogens is 263 g/mol. The topological polar surface area (TPSA) is 60.9 Å². The number of carboxylic acids is 1. The monoisotopic (exact) mass is 280 g/mol. The van der Waals surface area contributed by atoms with Gasteiger partial charge in [0.1, 0.15) is 11.9 Å². The van der Waals surface area contributed by atoms with Crippen LogP contribution in [-0.4, -0.2) is 41.1 Å². The van der Waals surface area contributed by atoms with Crippen LogP contribution < -0.4 is 4.90 Å². The Kier molecular flexibility index (Phi) is 4.22. The van der Waals surface area contributed by atoms with Crippen molar-refractivity contribution in [1.29, 1.82) is 0 Å². The summed E-state index contributed by atoms with van der Waals surface area (Å²) in [7, 11) is 0. The lowest BCUT2D eigenvalue weighted by molar-refractivity contribution is -0.141. The standard InChI is InChI=1S/C14H17FN2O3/c1-2-16(11-6-3-5-10(15)9-11)14(20)17-8-4-7-12(17)13(18)19/h3,5-6,9,12H,2,4,7-8H2,1H3,(H,18,19)/t12-/m1/s1. The largest absolute Gasteiger partial charge is 0.480 e. The number of urea groups is 1. The highest BCUT2D eigenvalue weighted by atomic mass is 19.1. The molecule has 1 N–H and O–H groups in total. The summed E-state index contributed by atoms with van der Waals surface area (Å²) in [5.74, 6) is -1.42. The molecule has 1 saturated heterocycles. The zero-order valence-corrected chi connectivity index (χ0v) is 11.3. The van der Waals surface area contributed by atoms with Gasteiger partial charge < -0.3 is 10.0 Å². The van der Waals surface area contributed by atoms with Gasteiger partial charge in [0.25, 0.3) is 0 Å². The summed E-state index contributed by atoms with van der Waals surface area (Å²) < 4.78 is 13.3. The van der Waals surface area contributed by atoms with Crippen LogP contribution in [0.2, 0.25) is 0 Å². The predicted molar refractivity (Wildman–Crippen MR) is 72.2 cm³/mol. The number of carbonyl (C=O) groups is 2. The molecule has 0 radical (unpaired) electrons. The summed E-state index contributed by atoms with van der Waals surface area (Å²) in [5.41, 5.74) is 0.438. The van der Waals surface area contributed by atoms with Gasteiger partial charge in [0.05, 0.1) is 0 Å². The number of carboxylic acid groups (broad SMARTS) is 1. The number of hydrogen-bond acceptors (Lipinski definition) is 2. The van der Waals surface area contributed by atoms with Crippen molar-refractivity contribution < 1.29 is 19.1 Å². The molecule has 0 aromatic heterocycles. The average molecular weight is 280 g/mol. The van der Waals surface area contributed by atoms with Crippen molar-refractivity contribution in [3.8, 4) is 0 Å². The summed E-state index contributed by atoms with van der Waals surface area (Å²) in [6.07, 6.45) is 1.13. The maximum Gasteiger partial charge on any atom is 0.326 e. The second-order valence-electron chi connectivity index (χ2n) is 4.70. The van der Waals surface area contributed by atoms with Crippen molar-refractivity contribution in [1.82, 2.24) is 4.90 Å². The van der Waals surface area contributed by atoms with E-state index >= 15 is 0 Å². The van der Waals surface area contributed by atoms with Gasteiger partial charge >= 0.3 is 12.0 Å². The number of anilines is 1. The molecule has 1 aromatic rings. The minimum atomic E-state index is -0.994. The number of halogens is 1. The number of amides is 2. The Morgan fingerprint density at radius 3 is 2.85 bits per heavy atom. The van der Waals surface area contributed by atoms with E-state index in [0.717, 1.165) is 0 Å². The minimum absolute atomic E-state index is 0.352. The Labute approximate surface area is 116 Å². The first kappa shape index (κ1) is 14.3. The highest BCUT2D eigenvalue weighted by molar-refractivity contribution is 5.94. The van der Waals surface area contributed by atoms with E-state index in [1.165, 1.54) is 28.0 Å². The second-order valence-corrected chi connectivity index (χ2v) is 4.70. The summed E-state index contributed by atoms with van der Waals surface area (Å²) in [5, 5.41) is 9.13. The van der Waals surface area contributed by atoms with Crippen LogP contribution in [0.1, 0.15) is 19.8 Å². The van der Waals surface area contributed by atoms with Gasteiger partial charge in [0, 0.05) is 18.8 Å². The predicted octanol–water partition coefficient (Wildman–Crippen LogP) is 2.32. The molecule has 6 heteroatoms. The molecule has 0 unspecified atom stereocenters. The van der Waals surface area contributed by atoms with Crippen LogP contribution in [0.5, 0.6) is 0 Å². The van der Waals surface area contributed by atoms with Gasteiger partial charge in [0.15, 0.2) is 0 Å². The molecule has 1 heterocycles. The van der Waals surface area contributed by atoms with E-state index in [0.29, 0.717) is 31.6 Å². The van der Waals surface area contributed by atoms with Crippen molar-refractivity contribution in [2.45, 2.75) is 25.8 Å². The van der Waals surface area contributed by atoms with Gasteiger partial charge in [-0.3, -0.25) is 4.90 Å². The van der Waals surface area contributed by atoms with E-state index in [2.05, 4.69) is 0 Å². The van der Waals surface area contributed by atoms with Gasteiger partial charge in [-0.15, -0.1) is 0 Å². The third-order valence-electron chi connectivity index (χ3n) is 3.45. The number of carbonyl (C=O) groups excluding carboxylic acids is 1. The third-order valence-corrected chi connectivity index (χ3v) is 3.45. The highest BCUT2D eigenvalue weighted by Crippen LogP contribution is 2.23. The summed E-state index contributed by atoms with van der Waals surface area (Å²) in [6, 6.07) is 4.56. The summed E-state index contributed by atoms with van der Waals surface area (Å²) >= 11 is 0. The van der Waals surface area contributed by atoms with Crippen molar-refractivity contribution in [3.63, 3.8) is 0 Å². The molecule has 5 nitrogen and oxygen atoms in total. The smallest absolute Gasteiger partial charge is 0.326 e. The van der Waals surface area contributed by atoms with E-state index < -0.39 is 17.8 Å². The maximum atomic E-state index is 13.3. The molecule has 0 bridgehead atoms. The third kappa shape index (κ3) is 2.74. The van der Waals surface area contributed by atoms with Crippen LogP contribution in [0.3, 0.4) is 0 Å². The Bertz CT molecular complexity index is 521. The van der Waals surface area contributed by atoms with Gasteiger partial charge in [0.2, 0.25) is 0 Å². The summed E-state index contributed by atoms with van der Waals surface area (Å²) in [4.78, 5) is 26.4. The van der Waals surface area contributed by atoms with E-state index in [1.54, 1.807) is 13.0 Å². The van der Waals surface area contributed by atoms with Crippen LogP contribution in [0.25, 0.3) is 0 Å². The highest BCUT2D eigenvalue weighted by Gasteiger charge is 2.36. The fraction of sp³-hybridized carbons (Fsp3) is 0.429. The second kappa shape index (κ2) is 5.90. The number of benzene rings is 1. The molecule has 20 heavy (non-hydrogen) atoms. The molecule has 0 saturated carbocycles. The first-order valence-corrected chi connectivity index (χ1v) is 6.61. The molecule has 1 atom stereocenters. The molecular formula is C14H17FN2O3.